The Balaban J connectivity index is 2.76. The number of nitrogens with one attached hydrogen (secondary N) is 1. The third-order valence-electron chi connectivity index (χ3n) is 3.05. The Kier molecular flexibility index (Phi) is 7.10. The molecular weight excluding hydrogens is 258 g/mol. The van der Waals surface area contributed by atoms with Gasteiger partial charge in [0.05, 0.1) is 6.61 Å². The van der Waals surface area contributed by atoms with Gasteiger partial charge in [-0.15, -0.1) is 11.3 Å². The van der Waals surface area contributed by atoms with E-state index in [0.29, 0.717) is 12.5 Å². The van der Waals surface area contributed by atoms with E-state index in [1.54, 1.807) is 11.3 Å². The molecule has 0 bridgehead atoms. The Morgan fingerprint density at radius 2 is 2.16 bits per heavy atom. The number of rotatable bonds is 8. The highest BCUT2D eigenvalue weighted by atomic mass is 32.1. The van der Waals surface area contributed by atoms with E-state index >= 15 is 0 Å². The summed E-state index contributed by atoms with van der Waals surface area (Å²) in [6, 6.07) is 4.17. The smallest absolute Gasteiger partial charge is 0.323 e. The normalized spacial score (nSPS) is 14.4. The molecule has 1 aromatic rings. The monoisotopic (exact) mass is 283 g/mol. The van der Waals surface area contributed by atoms with E-state index in [1.165, 1.54) is 4.88 Å². The second-order valence-electron chi connectivity index (χ2n) is 5.00. The van der Waals surface area contributed by atoms with E-state index in [-0.39, 0.29) is 18.1 Å². The third kappa shape index (κ3) is 4.96. The van der Waals surface area contributed by atoms with Gasteiger partial charge >= 0.3 is 5.97 Å². The Hall–Kier alpha value is -0.870. The predicted molar refractivity (Wildman–Crippen MR) is 80.4 cm³/mol. The van der Waals surface area contributed by atoms with E-state index < -0.39 is 0 Å². The van der Waals surface area contributed by atoms with Crippen LogP contribution in [0.4, 0.5) is 0 Å². The van der Waals surface area contributed by atoms with Gasteiger partial charge in [-0.2, -0.15) is 0 Å². The van der Waals surface area contributed by atoms with Crippen LogP contribution in [0.3, 0.4) is 0 Å². The molecule has 2 unspecified atom stereocenters. The Bertz CT molecular complexity index is 362. The topological polar surface area (TPSA) is 38.3 Å². The molecular formula is C15H25NO2S. The molecule has 1 N–H and O–H groups in total. The highest BCUT2D eigenvalue weighted by molar-refractivity contribution is 7.10. The number of esters is 1. The van der Waals surface area contributed by atoms with Crippen molar-refractivity contribution in [1.82, 2.24) is 5.32 Å². The van der Waals surface area contributed by atoms with Crippen molar-refractivity contribution in [1.29, 1.82) is 0 Å². The lowest BCUT2D eigenvalue weighted by Crippen LogP contribution is -2.41. The average Bonchev–Trinajstić information content (AvgIpc) is 2.87. The van der Waals surface area contributed by atoms with Crippen molar-refractivity contribution >= 4 is 17.3 Å². The van der Waals surface area contributed by atoms with Crippen LogP contribution in [0.15, 0.2) is 17.5 Å². The van der Waals surface area contributed by atoms with E-state index in [1.807, 2.05) is 6.92 Å². The molecule has 0 fully saturated rings. The SMILES string of the molecule is CCCC(NC(c1cccs1)C(C)C)C(=O)OCC. The van der Waals surface area contributed by atoms with Crippen LogP contribution in [0, 0.1) is 5.92 Å². The summed E-state index contributed by atoms with van der Waals surface area (Å²) in [4.78, 5) is 13.3. The van der Waals surface area contributed by atoms with Crippen LogP contribution in [-0.4, -0.2) is 18.6 Å². The summed E-state index contributed by atoms with van der Waals surface area (Å²) in [5, 5.41) is 5.55. The van der Waals surface area contributed by atoms with Crippen LogP contribution in [0.2, 0.25) is 0 Å². The Morgan fingerprint density at radius 1 is 1.42 bits per heavy atom. The highest BCUT2D eigenvalue weighted by Gasteiger charge is 2.25. The number of hydrogen-bond acceptors (Lipinski definition) is 4. The summed E-state index contributed by atoms with van der Waals surface area (Å²) in [6.07, 6.45) is 1.78. The molecule has 0 aliphatic rings. The van der Waals surface area contributed by atoms with Gasteiger partial charge in [-0.25, -0.2) is 0 Å². The van der Waals surface area contributed by atoms with Gasteiger partial charge in [-0.3, -0.25) is 10.1 Å². The maximum absolute atomic E-state index is 12.0. The van der Waals surface area contributed by atoms with Crippen molar-refractivity contribution in [2.24, 2.45) is 5.92 Å². The molecule has 0 amide bonds. The molecule has 19 heavy (non-hydrogen) atoms. The molecule has 108 valence electrons. The lowest BCUT2D eigenvalue weighted by molar-refractivity contribution is -0.146. The predicted octanol–water partition coefficient (Wildman–Crippen LogP) is 3.77. The average molecular weight is 283 g/mol. The minimum Gasteiger partial charge on any atom is -0.465 e. The van der Waals surface area contributed by atoms with Crippen LogP contribution in [0.5, 0.6) is 0 Å². The molecule has 4 heteroatoms. The van der Waals surface area contributed by atoms with Gasteiger partial charge in [-0.05, 0) is 30.7 Å². The Labute approximate surface area is 120 Å². The number of hydrogen-bond donors (Lipinski definition) is 1. The van der Waals surface area contributed by atoms with Crippen LogP contribution < -0.4 is 5.32 Å². The van der Waals surface area contributed by atoms with E-state index in [0.717, 1.165) is 12.8 Å². The summed E-state index contributed by atoms with van der Waals surface area (Å²) in [6.45, 7) is 8.71. The van der Waals surface area contributed by atoms with Crippen molar-refractivity contribution in [3.63, 3.8) is 0 Å². The largest absolute Gasteiger partial charge is 0.465 e. The van der Waals surface area contributed by atoms with Crippen LogP contribution in [-0.2, 0) is 9.53 Å². The lowest BCUT2D eigenvalue weighted by atomic mass is 10.0. The number of ether oxygens (including phenoxy) is 1. The number of carbonyl (C=O) groups excluding carboxylic acids is 1. The third-order valence-corrected chi connectivity index (χ3v) is 4.00. The first-order chi connectivity index (χ1) is 9.10. The standard InChI is InChI=1S/C15H25NO2S/c1-5-8-12(15(17)18-6-2)16-14(11(3)4)13-9-7-10-19-13/h7,9-12,14,16H,5-6,8H2,1-4H3. The molecule has 0 aliphatic heterocycles. The van der Waals surface area contributed by atoms with Gasteiger partial charge in [-0.1, -0.05) is 33.3 Å². The molecule has 0 aromatic carbocycles. The van der Waals surface area contributed by atoms with E-state index in [4.69, 9.17) is 4.74 Å². The van der Waals surface area contributed by atoms with Crippen LogP contribution in [0.1, 0.15) is 51.5 Å². The zero-order valence-corrected chi connectivity index (χ0v) is 13.1. The van der Waals surface area contributed by atoms with Gasteiger partial charge in [0.2, 0.25) is 0 Å². The van der Waals surface area contributed by atoms with Crippen molar-refractivity contribution in [2.75, 3.05) is 6.61 Å². The summed E-state index contributed by atoms with van der Waals surface area (Å²) in [7, 11) is 0. The molecule has 0 saturated carbocycles. The van der Waals surface area contributed by atoms with Crippen molar-refractivity contribution in [2.45, 2.75) is 52.6 Å². The maximum Gasteiger partial charge on any atom is 0.323 e. The van der Waals surface area contributed by atoms with Crippen LogP contribution >= 0.6 is 11.3 Å². The van der Waals surface area contributed by atoms with Gasteiger partial charge in [0.25, 0.3) is 0 Å². The molecule has 0 aliphatic carbocycles. The quantitative estimate of drug-likeness (QED) is 0.738. The second kappa shape index (κ2) is 8.33. The van der Waals surface area contributed by atoms with Crippen molar-refractivity contribution in [3.8, 4) is 0 Å². The van der Waals surface area contributed by atoms with Gasteiger partial charge in [0.1, 0.15) is 6.04 Å². The highest BCUT2D eigenvalue weighted by Crippen LogP contribution is 2.26. The molecule has 0 spiro atoms. The molecule has 1 heterocycles. The minimum atomic E-state index is -0.209. The second-order valence-corrected chi connectivity index (χ2v) is 5.98. The van der Waals surface area contributed by atoms with Crippen molar-refractivity contribution < 1.29 is 9.53 Å². The summed E-state index contributed by atoms with van der Waals surface area (Å²) in [5.41, 5.74) is 0. The van der Waals surface area contributed by atoms with Gasteiger partial charge in [0, 0.05) is 10.9 Å². The first-order valence-corrected chi connectivity index (χ1v) is 7.94. The van der Waals surface area contributed by atoms with E-state index in [2.05, 4.69) is 43.6 Å². The Morgan fingerprint density at radius 3 is 2.63 bits per heavy atom. The summed E-state index contributed by atoms with van der Waals surface area (Å²) in [5.74, 6) is 0.305. The molecule has 2 atom stereocenters. The first kappa shape index (κ1) is 16.2. The summed E-state index contributed by atoms with van der Waals surface area (Å²) < 4.78 is 5.16. The van der Waals surface area contributed by atoms with Crippen LogP contribution in [0.25, 0.3) is 0 Å². The van der Waals surface area contributed by atoms with Crippen molar-refractivity contribution in [3.05, 3.63) is 22.4 Å². The molecule has 0 saturated heterocycles. The number of thiophene rings is 1. The van der Waals surface area contributed by atoms with E-state index in [9.17, 15) is 4.79 Å². The first-order valence-electron chi connectivity index (χ1n) is 7.06. The molecule has 0 radical (unpaired) electrons. The maximum atomic E-state index is 12.0. The lowest BCUT2D eigenvalue weighted by Gasteiger charge is -2.26. The zero-order valence-electron chi connectivity index (χ0n) is 12.3. The fourth-order valence-corrected chi connectivity index (χ4v) is 3.05. The molecule has 1 aromatic heterocycles. The molecule has 3 nitrogen and oxygen atoms in total. The van der Waals surface area contributed by atoms with Gasteiger partial charge in [0.15, 0.2) is 0 Å². The van der Waals surface area contributed by atoms with Gasteiger partial charge < -0.3 is 4.74 Å². The fraction of sp³-hybridized carbons (Fsp3) is 0.667. The molecule has 1 rings (SSSR count). The number of carbonyl (C=O) groups is 1. The summed E-state index contributed by atoms with van der Waals surface area (Å²) >= 11 is 1.73. The minimum absolute atomic E-state index is 0.133. The fourth-order valence-electron chi connectivity index (χ4n) is 2.09. The zero-order chi connectivity index (χ0) is 14.3.